The standard InChI is InChI=1S/C34H33N3O4/c1-22(2)27-19-28(23(3)17-31(27)39-4)33-36-29-14-10-9-13-26(29)34(38)37(33)35-20-25-15-16-30(32(18-25)40-5)41-21-24-11-7-6-8-12-24/h6-20,22H,21H2,1-5H3. The second-order valence-corrected chi connectivity index (χ2v) is 10.1. The van der Waals surface area contributed by atoms with E-state index >= 15 is 0 Å². The summed E-state index contributed by atoms with van der Waals surface area (Å²) in [7, 11) is 3.27. The Balaban J connectivity index is 1.57. The van der Waals surface area contributed by atoms with Crippen LogP contribution in [-0.2, 0) is 6.61 Å². The minimum absolute atomic E-state index is 0.212. The van der Waals surface area contributed by atoms with Gasteiger partial charge in [-0.05, 0) is 77.6 Å². The maximum absolute atomic E-state index is 13.7. The van der Waals surface area contributed by atoms with Crippen LogP contribution in [0.25, 0.3) is 22.3 Å². The van der Waals surface area contributed by atoms with Crippen molar-refractivity contribution < 1.29 is 14.2 Å². The number of aryl methyl sites for hydroxylation is 1. The number of para-hydroxylation sites is 1. The van der Waals surface area contributed by atoms with E-state index in [4.69, 9.17) is 19.2 Å². The van der Waals surface area contributed by atoms with Crippen LogP contribution in [0, 0.1) is 6.92 Å². The van der Waals surface area contributed by atoms with E-state index in [1.54, 1.807) is 26.5 Å². The van der Waals surface area contributed by atoms with Gasteiger partial charge in [0.25, 0.3) is 5.56 Å². The summed E-state index contributed by atoms with van der Waals surface area (Å²) in [6.45, 7) is 6.62. The Morgan fingerprint density at radius 2 is 1.61 bits per heavy atom. The molecule has 7 heteroatoms. The van der Waals surface area contributed by atoms with Gasteiger partial charge in [0.05, 0.1) is 31.3 Å². The largest absolute Gasteiger partial charge is 0.496 e. The number of hydrogen-bond acceptors (Lipinski definition) is 6. The number of fused-ring (bicyclic) bond motifs is 1. The van der Waals surface area contributed by atoms with Gasteiger partial charge in [0.1, 0.15) is 12.4 Å². The molecule has 0 fully saturated rings. The van der Waals surface area contributed by atoms with Gasteiger partial charge in [0.15, 0.2) is 17.3 Å². The van der Waals surface area contributed by atoms with E-state index in [-0.39, 0.29) is 11.5 Å². The molecule has 5 aromatic rings. The summed E-state index contributed by atoms with van der Waals surface area (Å²) in [5.41, 5.74) is 4.94. The predicted molar refractivity (Wildman–Crippen MR) is 164 cm³/mol. The molecule has 1 heterocycles. The molecule has 0 aliphatic heterocycles. The monoisotopic (exact) mass is 547 g/mol. The maximum Gasteiger partial charge on any atom is 0.282 e. The van der Waals surface area contributed by atoms with Crippen molar-refractivity contribution in [1.82, 2.24) is 9.66 Å². The second kappa shape index (κ2) is 12.1. The van der Waals surface area contributed by atoms with Crippen LogP contribution in [0.1, 0.15) is 42.0 Å². The van der Waals surface area contributed by atoms with Crippen molar-refractivity contribution in [2.45, 2.75) is 33.3 Å². The molecule has 0 radical (unpaired) electrons. The van der Waals surface area contributed by atoms with E-state index in [2.05, 4.69) is 18.9 Å². The summed E-state index contributed by atoms with van der Waals surface area (Å²) in [5.74, 6) is 2.67. The molecule has 0 saturated carbocycles. The quantitative estimate of drug-likeness (QED) is 0.186. The zero-order valence-corrected chi connectivity index (χ0v) is 23.9. The number of hydrogen-bond donors (Lipinski definition) is 0. The van der Waals surface area contributed by atoms with Gasteiger partial charge in [-0.3, -0.25) is 4.79 Å². The van der Waals surface area contributed by atoms with Crippen LogP contribution >= 0.6 is 0 Å². The third-order valence-corrected chi connectivity index (χ3v) is 6.94. The topological polar surface area (TPSA) is 74.9 Å². The second-order valence-electron chi connectivity index (χ2n) is 10.1. The molecule has 0 N–H and O–H groups in total. The van der Waals surface area contributed by atoms with Crippen molar-refractivity contribution in [3.8, 4) is 28.6 Å². The van der Waals surface area contributed by atoms with E-state index < -0.39 is 0 Å². The summed E-state index contributed by atoms with van der Waals surface area (Å²) in [6, 6.07) is 26.8. The average Bonchev–Trinajstić information content (AvgIpc) is 2.99. The highest BCUT2D eigenvalue weighted by atomic mass is 16.5. The first-order valence-electron chi connectivity index (χ1n) is 13.5. The van der Waals surface area contributed by atoms with Gasteiger partial charge < -0.3 is 14.2 Å². The van der Waals surface area contributed by atoms with Gasteiger partial charge in [-0.2, -0.15) is 9.78 Å². The van der Waals surface area contributed by atoms with Gasteiger partial charge >= 0.3 is 0 Å². The Bertz CT molecular complexity index is 1780. The average molecular weight is 548 g/mol. The third kappa shape index (κ3) is 5.84. The summed E-state index contributed by atoms with van der Waals surface area (Å²) in [6.07, 6.45) is 1.63. The molecular weight excluding hydrogens is 514 g/mol. The molecule has 5 rings (SSSR count). The lowest BCUT2D eigenvalue weighted by molar-refractivity contribution is 0.284. The van der Waals surface area contributed by atoms with Crippen LogP contribution in [-0.4, -0.2) is 30.1 Å². The van der Waals surface area contributed by atoms with Crippen molar-refractivity contribution in [1.29, 1.82) is 0 Å². The van der Waals surface area contributed by atoms with Crippen LogP contribution in [0.4, 0.5) is 0 Å². The lowest BCUT2D eigenvalue weighted by Crippen LogP contribution is -2.20. The summed E-state index contributed by atoms with van der Waals surface area (Å²) < 4.78 is 18.6. The zero-order valence-electron chi connectivity index (χ0n) is 23.9. The highest BCUT2D eigenvalue weighted by Crippen LogP contribution is 2.34. The number of benzene rings is 4. The van der Waals surface area contributed by atoms with Crippen molar-refractivity contribution in [2.75, 3.05) is 14.2 Å². The summed E-state index contributed by atoms with van der Waals surface area (Å²) >= 11 is 0. The van der Waals surface area contributed by atoms with Crippen LogP contribution in [0.2, 0.25) is 0 Å². The molecule has 0 atom stereocenters. The number of rotatable bonds is 9. The zero-order chi connectivity index (χ0) is 28.9. The molecule has 4 aromatic carbocycles. The third-order valence-electron chi connectivity index (χ3n) is 6.94. The number of nitrogens with zero attached hydrogens (tertiary/aromatic N) is 3. The van der Waals surface area contributed by atoms with Crippen LogP contribution in [0.15, 0.2) is 94.8 Å². The molecule has 0 bridgehead atoms. The van der Waals surface area contributed by atoms with Gasteiger partial charge in [-0.1, -0.05) is 56.3 Å². The van der Waals surface area contributed by atoms with Crippen molar-refractivity contribution in [3.05, 3.63) is 118 Å². The Morgan fingerprint density at radius 3 is 2.34 bits per heavy atom. The number of aromatic nitrogens is 2. The Kier molecular flexibility index (Phi) is 8.15. The first kappa shape index (κ1) is 27.6. The highest BCUT2D eigenvalue weighted by molar-refractivity contribution is 5.83. The Hall–Kier alpha value is -4.91. The number of ether oxygens (including phenoxy) is 3. The molecule has 41 heavy (non-hydrogen) atoms. The van der Waals surface area contributed by atoms with Gasteiger partial charge in [0.2, 0.25) is 0 Å². The molecule has 0 saturated heterocycles. The number of methoxy groups -OCH3 is 2. The minimum Gasteiger partial charge on any atom is -0.496 e. The molecule has 0 amide bonds. The fraction of sp³-hybridized carbons (Fsp3) is 0.206. The fourth-order valence-electron chi connectivity index (χ4n) is 4.72. The van der Waals surface area contributed by atoms with E-state index in [1.165, 1.54) is 4.68 Å². The summed E-state index contributed by atoms with van der Waals surface area (Å²) in [5, 5.41) is 5.14. The lowest BCUT2D eigenvalue weighted by atomic mass is 9.96. The van der Waals surface area contributed by atoms with Crippen LogP contribution in [0.5, 0.6) is 17.2 Å². The molecule has 0 aliphatic rings. The van der Waals surface area contributed by atoms with Gasteiger partial charge in [-0.15, -0.1) is 0 Å². The normalized spacial score (nSPS) is 11.4. The van der Waals surface area contributed by atoms with Crippen molar-refractivity contribution in [2.24, 2.45) is 5.10 Å². The first-order chi connectivity index (χ1) is 19.9. The molecule has 1 aromatic heterocycles. The van der Waals surface area contributed by atoms with E-state index in [0.29, 0.717) is 34.8 Å². The molecule has 208 valence electrons. The van der Waals surface area contributed by atoms with E-state index in [0.717, 1.165) is 33.6 Å². The smallest absolute Gasteiger partial charge is 0.282 e. The molecule has 0 aliphatic carbocycles. The SMILES string of the molecule is COc1cc(C=Nn2c(-c3cc(C(C)C)c(OC)cc3C)nc3ccccc3c2=O)ccc1OCc1ccccc1. The molecular formula is C34H33N3O4. The van der Waals surface area contributed by atoms with Crippen LogP contribution < -0.4 is 19.8 Å². The van der Waals surface area contributed by atoms with Gasteiger partial charge in [0, 0.05) is 5.56 Å². The molecule has 7 nitrogen and oxygen atoms in total. The first-order valence-corrected chi connectivity index (χ1v) is 13.5. The molecule has 0 unspecified atom stereocenters. The van der Waals surface area contributed by atoms with Gasteiger partial charge in [-0.25, -0.2) is 4.98 Å². The highest BCUT2D eigenvalue weighted by Gasteiger charge is 2.18. The van der Waals surface area contributed by atoms with E-state index in [9.17, 15) is 4.79 Å². The predicted octanol–water partition coefficient (Wildman–Crippen LogP) is 6.97. The maximum atomic E-state index is 13.7. The Labute approximate surface area is 239 Å². The fourth-order valence-corrected chi connectivity index (χ4v) is 4.72. The van der Waals surface area contributed by atoms with Crippen molar-refractivity contribution >= 4 is 17.1 Å². The van der Waals surface area contributed by atoms with E-state index in [1.807, 2.05) is 85.8 Å². The lowest BCUT2D eigenvalue weighted by Gasteiger charge is -2.17. The van der Waals surface area contributed by atoms with Crippen molar-refractivity contribution in [3.63, 3.8) is 0 Å². The Morgan fingerprint density at radius 1 is 0.878 bits per heavy atom. The van der Waals surface area contributed by atoms with Crippen LogP contribution in [0.3, 0.4) is 0 Å². The summed E-state index contributed by atoms with van der Waals surface area (Å²) in [4.78, 5) is 18.6. The minimum atomic E-state index is -0.252. The molecule has 0 spiro atoms.